The minimum atomic E-state index is -0.827. The lowest BCUT2D eigenvalue weighted by molar-refractivity contribution is -0.236. The lowest BCUT2D eigenvalue weighted by atomic mass is 9.33. The van der Waals surface area contributed by atoms with Gasteiger partial charge < -0.3 is 20.1 Å². The van der Waals surface area contributed by atoms with Gasteiger partial charge in [0.2, 0.25) is 5.91 Å². The molecule has 1 heterocycles. The Balaban J connectivity index is 1.15. The highest BCUT2D eigenvalue weighted by molar-refractivity contribution is 6.07. The van der Waals surface area contributed by atoms with E-state index in [2.05, 4.69) is 72.5 Å². The molecule has 8 nitrogen and oxygen atoms in total. The fraction of sp³-hybridized carbons (Fsp3) is 0.870. The van der Waals surface area contributed by atoms with Gasteiger partial charge in [-0.2, -0.15) is 0 Å². The Labute approximate surface area is 325 Å². The molecule has 1 aliphatic heterocycles. The van der Waals surface area contributed by atoms with Crippen LogP contribution in [-0.2, 0) is 23.9 Å². The molecule has 8 heteroatoms. The number of ketones is 1. The van der Waals surface area contributed by atoms with Crippen molar-refractivity contribution in [3.05, 3.63) is 11.1 Å². The lowest BCUT2D eigenvalue weighted by Crippen LogP contribution is -2.66. The molecule has 1 saturated heterocycles. The zero-order valence-corrected chi connectivity index (χ0v) is 35.6. The van der Waals surface area contributed by atoms with E-state index in [9.17, 15) is 24.3 Å². The Morgan fingerprint density at radius 3 is 2.13 bits per heavy atom. The second-order valence-corrected chi connectivity index (χ2v) is 22.4. The number of nitrogens with zero attached hydrogens (tertiary/aromatic N) is 1. The molecule has 0 aromatic rings. The summed E-state index contributed by atoms with van der Waals surface area (Å²) in [6.45, 7) is 27.7. The number of allylic oxidation sites excluding steroid dienone is 1. The maximum Gasteiger partial charge on any atom is 0.309 e. The minimum Gasteiger partial charge on any atom is -0.481 e. The zero-order valence-electron chi connectivity index (χ0n) is 35.6. The molecule has 2 N–H and O–H groups in total. The third-order valence-electron chi connectivity index (χ3n) is 18.2. The standard InChI is InChI=1S/C46H72N2O6/c1-27(2)35-31(49)25-46(39(53)47-40(3,4)26-48-22-12-13-23-48)21-20-44(10)28(36(35)46)14-15-33-43(9)18-17-34(42(7,8)32(43)16-19-45(33,44)11)54-38(52)30-24-29(37(50)51)41(30,5)6/h27-30,32-34H,12-26H2,1-11H3,(H,47,53)(H,50,51)/t28-,29+,30-,32?,33?,34+,43+,44-,45-,46-/m1/s1. The summed E-state index contributed by atoms with van der Waals surface area (Å²) in [5, 5.41) is 13.2. The van der Waals surface area contributed by atoms with Crippen LogP contribution in [0.2, 0.25) is 0 Å². The number of hydrogen-bond donors (Lipinski definition) is 2. The van der Waals surface area contributed by atoms with Crippen LogP contribution in [0.4, 0.5) is 0 Å². The smallest absolute Gasteiger partial charge is 0.309 e. The van der Waals surface area contributed by atoms with Gasteiger partial charge in [-0.05, 0) is 154 Å². The molecule has 6 fully saturated rings. The molecule has 0 radical (unpaired) electrons. The maximum atomic E-state index is 14.8. The number of amides is 1. The highest BCUT2D eigenvalue weighted by Crippen LogP contribution is 2.77. The van der Waals surface area contributed by atoms with Gasteiger partial charge in [0.25, 0.3) is 0 Å². The number of aliphatic carboxylic acids is 1. The molecule has 5 saturated carbocycles. The van der Waals surface area contributed by atoms with Gasteiger partial charge in [0.05, 0.1) is 17.3 Å². The van der Waals surface area contributed by atoms with Crippen LogP contribution < -0.4 is 5.32 Å². The zero-order chi connectivity index (χ0) is 39.6. The number of carbonyl (C=O) groups excluding carboxylic acids is 3. The summed E-state index contributed by atoms with van der Waals surface area (Å²) in [5.74, 6) is -0.497. The molecule has 6 aliphatic carbocycles. The van der Waals surface area contributed by atoms with Crippen LogP contribution in [0.5, 0.6) is 0 Å². The number of fused-ring (bicyclic) bond motifs is 7. The van der Waals surface area contributed by atoms with Crippen LogP contribution in [0, 0.1) is 68.0 Å². The van der Waals surface area contributed by atoms with E-state index >= 15 is 0 Å². The van der Waals surface area contributed by atoms with Crippen LogP contribution >= 0.6 is 0 Å². The lowest BCUT2D eigenvalue weighted by Gasteiger charge is -2.72. The van der Waals surface area contributed by atoms with Crippen LogP contribution in [-0.4, -0.2) is 64.9 Å². The molecule has 0 bridgehead atoms. The largest absolute Gasteiger partial charge is 0.481 e. The fourth-order valence-electron chi connectivity index (χ4n) is 15.0. The van der Waals surface area contributed by atoms with Gasteiger partial charge in [0.15, 0.2) is 5.78 Å². The van der Waals surface area contributed by atoms with E-state index in [1.165, 1.54) is 18.4 Å². The first-order chi connectivity index (χ1) is 25.0. The second-order valence-electron chi connectivity index (χ2n) is 22.4. The number of likely N-dealkylation sites (tertiary alicyclic amines) is 1. The Morgan fingerprint density at radius 2 is 1.52 bits per heavy atom. The number of rotatable bonds is 8. The van der Waals surface area contributed by atoms with E-state index < -0.39 is 22.7 Å². The first-order valence-corrected chi connectivity index (χ1v) is 21.7. The highest BCUT2D eigenvalue weighted by atomic mass is 16.5. The molecule has 0 aromatic carbocycles. The van der Waals surface area contributed by atoms with Gasteiger partial charge in [0.1, 0.15) is 6.10 Å². The van der Waals surface area contributed by atoms with E-state index in [-0.39, 0.29) is 68.7 Å². The number of esters is 1. The third-order valence-corrected chi connectivity index (χ3v) is 18.2. The number of Topliss-reactive ketones (excluding diaryl/α,β-unsaturated/α-hetero) is 1. The van der Waals surface area contributed by atoms with Crippen LogP contribution in [0.1, 0.15) is 153 Å². The highest BCUT2D eigenvalue weighted by Gasteiger charge is 2.71. The van der Waals surface area contributed by atoms with Crippen LogP contribution in [0.15, 0.2) is 11.1 Å². The average Bonchev–Trinajstić information content (AvgIpc) is 3.66. The van der Waals surface area contributed by atoms with Crippen molar-refractivity contribution in [2.75, 3.05) is 19.6 Å². The van der Waals surface area contributed by atoms with Gasteiger partial charge in [-0.3, -0.25) is 19.2 Å². The molecule has 0 aromatic heterocycles. The summed E-state index contributed by atoms with van der Waals surface area (Å²) in [4.78, 5) is 56.8. The van der Waals surface area contributed by atoms with Gasteiger partial charge in [-0.25, -0.2) is 0 Å². The number of nitrogens with one attached hydrogen (secondary N) is 1. The van der Waals surface area contributed by atoms with Crippen molar-refractivity contribution in [3.63, 3.8) is 0 Å². The number of carboxylic acids is 1. The van der Waals surface area contributed by atoms with E-state index in [4.69, 9.17) is 4.74 Å². The number of carboxylic acid groups (broad SMARTS) is 1. The molecule has 2 unspecified atom stereocenters. The normalized spacial score (nSPS) is 42.7. The van der Waals surface area contributed by atoms with Crippen molar-refractivity contribution < 1.29 is 29.0 Å². The molecule has 0 spiro atoms. The molecule has 302 valence electrons. The van der Waals surface area contributed by atoms with Crippen LogP contribution in [0.25, 0.3) is 0 Å². The Bertz CT molecular complexity index is 1620. The average molecular weight is 749 g/mol. The maximum absolute atomic E-state index is 14.8. The quantitative estimate of drug-likeness (QED) is 0.239. The predicted octanol–water partition coefficient (Wildman–Crippen LogP) is 8.62. The van der Waals surface area contributed by atoms with Crippen molar-refractivity contribution in [1.29, 1.82) is 0 Å². The molecule has 1 amide bonds. The summed E-state index contributed by atoms with van der Waals surface area (Å²) in [7, 11) is 0. The second kappa shape index (κ2) is 12.9. The van der Waals surface area contributed by atoms with Crippen molar-refractivity contribution in [3.8, 4) is 0 Å². The van der Waals surface area contributed by atoms with E-state index in [0.29, 0.717) is 24.7 Å². The summed E-state index contributed by atoms with van der Waals surface area (Å²) in [6, 6.07) is 0. The molecular weight excluding hydrogens is 677 g/mol. The van der Waals surface area contributed by atoms with Gasteiger partial charge in [-0.15, -0.1) is 0 Å². The first kappa shape index (κ1) is 40.0. The number of ether oxygens (including phenoxy) is 1. The molecule has 54 heavy (non-hydrogen) atoms. The van der Waals surface area contributed by atoms with Crippen LogP contribution in [0.3, 0.4) is 0 Å². The minimum absolute atomic E-state index is 0.0389. The van der Waals surface area contributed by atoms with Crippen molar-refractivity contribution in [2.45, 2.75) is 165 Å². The Kier molecular flexibility index (Phi) is 9.55. The molecule has 7 rings (SSSR count). The van der Waals surface area contributed by atoms with Crippen molar-refractivity contribution >= 4 is 23.6 Å². The molecular formula is C46H72N2O6. The summed E-state index contributed by atoms with van der Waals surface area (Å²) in [6.07, 6.45) is 10.7. The summed E-state index contributed by atoms with van der Waals surface area (Å²) in [5.41, 5.74) is 0.287. The van der Waals surface area contributed by atoms with E-state index in [1.54, 1.807) is 0 Å². The van der Waals surface area contributed by atoms with Crippen molar-refractivity contribution in [1.82, 2.24) is 10.2 Å². The van der Waals surface area contributed by atoms with Crippen molar-refractivity contribution in [2.24, 2.45) is 68.0 Å². The van der Waals surface area contributed by atoms with Gasteiger partial charge in [-0.1, -0.05) is 62.3 Å². The molecule has 7 aliphatic rings. The fourth-order valence-corrected chi connectivity index (χ4v) is 15.0. The SMILES string of the molecule is CC(C)C1=C2[C@H]3CCC4[C@@]5(C)CC[C@H](OC(=O)[C@H]6C[C@@H](C(=O)O)C6(C)C)C(C)(C)C5CC[C@@]4(C)[C@]3(C)CC[C@@]2(C(=O)NC(C)(C)CN2CCCC2)CC1=O. The third kappa shape index (κ3) is 5.65. The topological polar surface area (TPSA) is 113 Å². The Morgan fingerprint density at radius 1 is 0.852 bits per heavy atom. The van der Waals surface area contributed by atoms with Gasteiger partial charge in [0, 0.05) is 23.9 Å². The monoisotopic (exact) mass is 749 g/mol. The van der Waals surface area contributed by atoms with E-state index in [0.717, 1.165) is 76.6 Å². The van der Waals surface area contributed by atoms with Gasteiger partial charge >= 0.3 is 11.9 Å². The first-order valence-electron chi connectivity index (χ1n) is 21.7. The molecule has 10 atom stereocenters. The predicted molar refractivity (Wildman–Crippen MR) is 210 cm³/mol. The van der Waals surface area contributed by atoms with E-state index in [1.807, 2.05) is 13.8 Å². The summed E-state index contributed by atoms with van der Waals surface area (Å²) < 4.78 is 6.42. The summed E-state index contributed by atoms with van der Waals surface area (Å²) >= 11 is 0. The number of carbonyl (C=O) groups is 4. The Hall–Kier alpha value is -2.22. The number of hydrogen-bond acceptors (Lipinski definition) is 6.